The average molecular weight is 254 g/mol. The van der Waals surface area contributed by atoms with E-state index in [0.717, 1.165) is 12.0 Å². The summed E-state index contributed by atoms with van der Waals surface area (Å²) in [4.78, 5) is 0. The highest BCUT2D eigenvalue weighted by atomic mass is 35.5. The Morgan fingerprint density at radius 1 is 1.19 bits per heavy atom. The molecule has 0 saturated carbocycles. The average Bonchev–Trinajstić information content (AvgIpc) is 2.15. The number of hydrogen-bond acceptors (Lipinski definition) is 1. The quantitative estimate of drug-likeness (QED) is 0.875. The van der Waals surface area contributed by atoms with Crippen molar-refractivity contribution in [3.63, 3.8) is 0 Å². The lowest BCUT2D eigenvalue weighted by Gasteiger charge is -2.14. The second-order valence-electron chi connectivity index (χ2n) is 3.52. The smallest absolute Gasteiger partial charge is 0.324 e. The third-order valence-corrected chi connectivity index (χ3v) is 2.27. The molecular formula is C11H15ClF3N. The predicted molar refractivity (Wildman–Crippen MR) is 60.7 cm³/mol. The van der Waals surface area contributed by atoms with E-state index in [1.54, 1.807) is 12.1 Å². The third-order valence-electron chi connectivity index (χ3n) is 2.27. The summed E-state index contributed by atoms with van der Waals surface area (Å²) in [5, 5.41) is 0. The Hall–Kier alpha value is -0.740. The van der Waals surface area contributed by atoms with Crippen molar-refractivity contribution in [1.29, 1.82) is 0 Å². The molecule has 92 valence electrons. The number of nitrogens with two attached hydrogens (primary N) is 1. The highest BCUT2D eigenvalue weighted by Crippen LogP contribution is 2.27. The highest BCUT2D eigenvalue weighted by molar-refractivity contribution is 5.85. The SMILES string of the molecule is CCc1ccc([C@@H](N)CC(F)(F)F)cc1.Cl. The molecule has 0 fully saturated rings. The van der Waals surface area contributed by atoms with Crippen molar-refractivity contribution in [2.45, 2.75) is 32.0 Å². The maximum Gasteiger partial charge on any atom is 0.390 e. The Morgan fingerprint density at radius 3 is 2.06 bits per heavy atom. The lowest BCUT2D eigenvalue weighted by molar-refractivity contribution is -0.138. The van der Waals surface area contributed by atoms with E-state index in [9.17, 15) is 13.2 Å². The summed E-state index contributed by atoms with van der Waals surface area (Å²) in [5.74, 6) is 0. The van der Waals surface area contributed by atoms with E-state index in [2.05, 4.69) is 0 Å². The summed E-state index contributed by atoms with van der Waals surface area (Å²) >= 11 is 0. The van der Waals surface area contributed by atoms with Crippen LogP contribution in [0.2, 0.25) is 0 Å². The molecule has 0 spiro atoms. The van der Waals surface area contributed by atoms with Crippen LogP contribution in [0, 0.1) is 0 Å². The summed E-state index contributed by atoms with van der Waals surface area (Å²) in [7, 11) is 0. The predicted octanol–water partition coefficient (Wildman–Crippen LogP) is 3.62. The van der Waals surface area contributed by atoms with Crippen LogP contribution in [0.3, 0.4) is 0 Å². The van der Waals surface area contributed by atoms with Crippen LogP contribution >= 0.6 is 12.4 Å². The summed E-state index contributed by atoms with van der Waals surface area (Å²) < 4.78 is 36.2. The van der Waals surface area contributed by atoms with Gasteiger partial charge in [-0.05, 0) is 17.5 Å². The molecule has 1 rings (SSSR count). The number of rotatable bonds is 3. The van der Waals surface area contributed by atoms with Crippen LogP contribution in [-0.4, -0.2) is 6.18 Å². The van der Waals surface area contributed by atoms with E-state index < -0.39 is 18.6 Å². The van der Waals surface area contributed by atoms with Crippen LogP contribution in [0.25, 0.3) is 0 Å². The molecule has 16 heavy (non-hydrogen) atoms. The van der Waals surface area contributed by atoms with Crippen molar-refractivity contribution >= 4 is 12.4 Å². The topological polar surface area (TPSA) is 26.0 Å². The first-order chi connectivity index (χ1) is 6.92. The van der Waals surface area contributed by atoms with E-state index in [1.807, 2.05) is 19.1 Å². The van der Waals surface area contributed by atoms with Crippen LogP contribution in [0.5, 0.6) is 0 Å². The Labute approximate surface area is 99.2 Å². The summed E-state index contributed by atoms with van der Waals surface area (Å²) in [6.07, 6.45) is -4.31. The molecule has 0 aliphatic rings. The largest absolute Gasteiger partial charge is 0.390 e. The summed E-state index contributed by atoms with van der Waals surface area (Å²) in [5.41, 5.74) is 7.08. The minimum absolute atomic E-state index is 0. The highest BCUT2D eigenvalue weighted by Gasteiger charge is 2.30. The van der Waals surface area contributed by atoms with Gasteiger partial charge in [-0.2, -0.15) is 13.2 Å². The van der Waals surface area contributed by atoms with Gasteiger partial charge in [0.05, 0.1) is 6.42 Å². The lowest BCUT2D eigenvalue weighted by Crippen LogP contribution is -2.20. The van der Waals surface area contributed by atoms with Crippen molar-refractivity contribution in [2.24, 2.45) is 5.73 Å². The zero-order chi connectivity index (χ0) is 11.5. The lowest BCUT2D eigenvalue weighted by atomic mass is 10.0. The molecule has 1 aromatic rings. The van der Waals surface area contributed by atoms with Crippen LogP contribution in [0.1, 0.15) is 30.5 Å². The van der Waals surface area contributed by atoms with Gasteiger partial charge in [-0.25, -0.2) is 0 Å². The summed E-state index contributed by atoms with van der Waals surface area (Å²) in [6, 6.07) is 5.98. The van der Waals surface area contributed by atoms with Gasteiger partial charge < -0.3 is 5.73 Å². The van der Waals surface area contributed by atoms with Gasteiger partial charge in [-0.1, -0.05) is 31.2 Å². The molecule has 1 atom stereocenters. The Kier molecular flexibility index (Phi) is 5.83. The molecule has 5 heteroatoms. The summed E-state index contributed by atoms with van der Waals surface area (Å²) in [6.45, 7) is 1.99. The van der Waals surface area contributed by atoms with Crippen molar-refractivity contribution in [1.82, 2.24) is 0 Å². The van der Waals surface area contributed by atoms with Crippen LogP contribution in [0.15, 0.2) is 24.3 Å². The van der Waals surface area contributed by atoms with Crippen molar-refractivity contribution in [3.8, 4) is 0 Å². The van der Waals surface area contributed by atoms with Gasteiger partial charge >= 0.3 is 6.18 Å². The molecule has 0 radical (unpaired) electrons. The molecular weight excluding hydrogens is 239 g/mol. The molecule has 0 amide bonds. The molecule has 0 aliphatic heterocycles. The van der Waals surface area contributed by atoms with Gasteiger partial charge in [0, 0.05) is 6.04 Å². The molecule has 0 saturated heterocycles. The van der Waals surface area contributed by atoms with Crippen molar-refractivity contribution < 1.29 is 13.2 Å². The molecule has 0 aliphatic carbocycles. The maximum atomic E-state index is 12.1. The van der Waals surface area contributed by atoms with E-state index in [4.69, 9.17) is 5.73 Å². The number of hydrogen-bond donors (Lipinski definition) is 1. The molecule has 0 aromatic heterocycles. The Bertz CT molecular complexity index is 308. The van der Waals surface area contributed by atoms with Gasteiger partial charge in [0.2, 0.25) is 0 Å². The van der Waals surface area contributed by atoms with Crippen LogP contribution in [0.4, 0.5) is 13.2 Å². The number of aryl methyl sites for hydroxylation is 1. The number of benzene rings is 1. The van der Waals surface area contributed by atoms with Gasteiger partial charge in [0.25, 0.3) is 0 Å². The van der Waals surface area contributed by atoms with Gasteiger partial charge in [0.15, 0.2) is 0 Å². The Balaban J connectivity index is 0.00000225. The standard InChI is InChI=1S/C11H14F3N.ClH/c1-2-8-3-5-9(6-4-8)10(15)7-11(12,13)14;/h3-6,10H,2,7,15H2,1H3;1H/t10-;/m0./s1. The van der Waals surface area contributed by atoms with Crippen LogP contribution in [-0.2, 0) is 6.42 Å². The first kappa shape index (κ1) is 15.3. The zero-order valence-corrected chi connectivity index (χ0v) is 9.74. The molecule has 2 N–H and O–H groups in total. The van der Waals surface area contributed by atoms with E-state index in [1.165, 1.54) is 0 Å². The molecule has 0 bridgehead atoms. The van der Waals surface area contributed by atoms with Gasteiger partial charge in [-0.3, -0.25) is 0 Å². The van der Waals surface area contributed by atoms with Crippen LogP contribution < -0.4 is 5.73 Å². The van der Waals surface area contributed by atoms with Gasteiger partial charge in [-0.15, -0.1) is 12.4 Å². The number of halogens is 4. The minimum Gasteiger partial charge on any atom is -0.324 e. The monoisotopic (exact) mass is 253 g/mol. The molecule has 1 nitrogen and oxygen atoms in total. The molecule has 0 heterocycles. The van der Waals surface area contributed by atoms with E-state index >= 15 is 0 Å². The van der Waals surface area contributed by atoms with Crippen molar-refractivity contribution in [3.05, 3.63) is 35.4 Å². The van der Waals surface area contributed by atoms with E-state index in [0.29, 0.717) is 5.56 Å². The number of alkyl halides is 3. The molecule has 0 unspecified atom stereocenters. The second kappa shape index (κ2) is 6.11. The first-order valence-corrected chi connectivity index (χ1v) is 4.83. The van der Waals surface area contributed by atoms with Gasteiger partial charge in [0.1, 0.15) is 0 Å². The normalized spacial score (nSPS) is 13.1. The van der Waals surface area contributed by atoms with Crippen molar-refractivity contribution in [2.75, 3.05) is 0 Å². The fraction of sp³-hybridized carbons (Fsp3) is 0.455. The fourth-order valence-electron chi connectivity index (χ4n) is 1.37. The molecule has 1 aromatic carbocycles. The first-order valence-electron chi connectivity index (χ1n) is 4.83. The third kappa shape index (κ3) is 4.86. The second-order valence-corrected chi connectivity index (χ2v) is 3.52. The Morgan fingerprint density at radius 2 is 1.69 bits per heavy atom. The van der Waals surface area contributed by atoms with E-state index in [-0.39, 0.29) is 12.4 Å². The fourth-order valence-corrected chi connectivity index (χ4v) is 1.37. The zero-order valence-electron chi connectivity index (χ0n) is 8.92. The maximum absolute atomic E-state index is 12.1. The minimum atomic E-state index is -4.21.